The molecule has 1 aromatic rings. The quantitative estimate of drug-likeness (QED) is 0.416. The number of carbonyl (C=O) groups is 1. The predicted molar refractivity (Wildman–Crippen MR) is 106 cm³/mol. The highest BCUT2D eigenvalue weighted by atomic mass is 16.6. The van der Waals surface area contributed by atoms with E-state index in [4.69, 9.17) is 14.5 Å². The Balaban J connectivity index is 1.63. The summed E-state index contributed by atoms with van der Waals surface area (Å²) in [6.45, 7) is 2.18. The summed E-state index contributed by atoms with van der Waals surface area (Å²) in [6, 6.07) is 7.56. The van der Waals surface area contributed by atoms with Crippen LogP contribution in [-0.4, -0.2) is 41.4 Å². The van der Waals surface area contributed by atoms with Gasteiger partial charge in [0.1, 0.15) is 11.6 Å². The summed E-state index contributed by atoms with van der Waals surface area (Å²) in [6.07, 6.45) is 6.14. The lowest BCUT2D eigenvalue weighted by Gasteiger charge is -2.38. The van der Waals surface area contributed by atoms with Crippen molar-refractivity contribution in [1.29, 1.82) is 0 Å². The van der Waals surface area contributed by atoms with Crippen LogP contribution >= 0.6 is 0 Å². The van der Waals surface area contributed by atoms with E-state index in [0.717, 1.165) is 17.7 Å². The van der Waals surface area contributed by atoms with E-state index in [0.29, 0.717) is 18.9 Å². The van der Waals surface area contributed by atoms with Gasteiger partial charge in [-0.15, -0.1) is 0 Å². The summed E-state index contributed by atoms with van der Waals surface area (Å²) in [7, 11) is 1.61. The van der Waals surface area contributed by atoms with Crippen LogP contribution in [0.1, 0.15) is 31.4 Å². The third-order valence-corrected chi connectivity index (χ3v) is 5.67. The summed E-state index contributed by atoms with van der Waals surface area (Å²) in [4.78, 5) is 29.6. The first kappa shape index (κ1) is 19.2. The largest absolute Gasteiger partial charge is 0.497 e. The molecule has 2 aliphatic heterocycles. The van der Waals surface area contributed by atoms with Gasteiger partial charge in [-0.05, 0) is 49.5 Å². The van der Waals surface area contributed by atoms with E-state index in [1.165, 1.54) is 6.08 Å². The normalized spacial score (nSPS) is 27.4. The number of esters is 1. The highest BCUT2D eigenvalue weighted by molar-refractivity contribution is 5.96. The van der Waals surface area contributed by atoms with Gasteiger partial charge in [-0.3, -0.25) is 19.9 Å². The van der Waals surface area contributed by atoms with Crippen molar-refractivity contribution in [2.24, 2.45) is 16.8 Å². The molecule has 2 heterocycles. The molecule has 1 aliphatic carbocycles. The number of nitrogens with zero attached hydrogens (tertiary/aromatic N) is 3. The molecular weight excluding hydrogens is 374 g/mol. The maximum atomic E-state index is 12.1. The minimum absolute atomic E-state index is 0.0248. The molecule has 0 radical (unpaired) electrons. The molecule has 0 spiro atoms. The van der Waals surface area contributed by atoms with Gasteiger partial charge < -0.3 is 14.4 Å². The van der Waals surface area contributed by atoms with Crippen molar-refractivity contribution in [1.82, 2.24) is 4.90 Å². The Labute approximate surface area is 168 Å². The van der Waals surface area contributed by atoms with Crippen LogP contribution in [0.5, 0.6) is 5.75 Å². The van der Waals surface area contributed by atoms with Crippen LogP contribution in [0.25, 0.3) is 0 Å². The fourth-order valence-corrected chi connectivity index (χ4v) is 4.08. The first-order valence-electron chi connectivity index (χ1n) is 9.72. The molecule has 8 heteroatoms. The summed E-state index contributed by atoms with van der Waals surface area (Å²) in [5.41, 5.74) is 1.04. The van der Waals surface area contributed by atoms with E-state index in [2.05, 4.69) is 0 Å². The van der Waals surface area contributed by atoms with Crippen molar-refractivity contribution in [3.63, 3.8) is 0 Å². The molecule has 0 amide bonds. The molecule has 1 saturated carbocycles. The molecule has 0 bridgehead atoms. The van der Waals surface area contributed by atoms with Gasteiger partial charge in [0.25, 0.3) is 5.70 Å². The van der Waals surface area contributed by atoms with E-state index in [1.807, 2.05) is 29.2 Å². The lowest BCUT2D eigenvalue weighted by Crippen LogP contribution is -2.39. The Bertz CT molecular complexity index is 905. The van der Waals surface area contributed by atoms with Crippen molar-refractivity contribution in [3.05, 3.63) is 64.0 Å². The zero-order valence-corrected chi connectivity index (χ0v) is 16.4. The Morgan fingerprint density at radius 1 is 1.28 bits per heavy atom. The molecule has 4 rings (SSSR count). The predicted octanol–water partition coefficient (Wildman–Crippen LogP) is 3.10. The summed E-state index contributed by atoms with van der Waals surface area (Å²) in [5.74, 6) is 1.32. The number of amidine groups is 1. The van der Waals surface area contributed by atoms with Gasteiger partial charge in [-0.2, -0.15) is 0 Å². The average Bonchev–Trinajstić information content (AvgIpc) is 3.54. The average molecular weight is 397 g/mol. The van der Waals surface area contributed by atoms with Crippen LogP contribution in [0.3, 0.4) is 0 Å². The molecule has 152 valence electrons. The summed E-state index contributed by atoms with van der Waals surface area (Å²) >= 11 is 0. The van der Waals surface area contributed by atoms with Gasteiger partial charge in [0.2, 0.25) is 0 Å². The smallest absolute Gasteiger partial charge is 0.309 e. The molecule has 8 nitrogen and oxygen atoms in total. The molecule has 3 aliphatic rings. The number of hydrogen-bond donors (Lipinski definition) is 0. The van der Waals surface area contributed by atoms with E-state index >= 15 is 0 Å². The first-order valence-corrected chi connectivity index (χ1v) is 9.72. The third-order valence-electron chi connectivity index (χ3n) is 5.67. The second-order valence-electron chi connectivity index (χ2n) is 7.39. The van der Waals surface area contributed by atoms with Gasteiger partial charge in [0.05, 0.1) is 42.8 Å². The molecule has 0 N–H and O–H groups in total. The lowest BCUT2D eigenvalue weighted by atomic mass is 9.92. The monoisotopic (exact) mass is 397 g/mol. The van der Waals surface area contributed by atoms with Gasteiger partial charge in [0, 0.05) is 6.08 Å². The van der Waals surface area contributed by atoms with Crippen LogP contribution < -0.4 is 4.74 Å². The number of fused-ring (bicyclic) bond motifs is 1. The van der Waals surface area contributed by atoms with E-state index < -0.39 is 4.92 Å². The van der Waals surface area contributed by atoms with Crippen molar-refractivity contribution in [3.8, 4) is 5.75 Å². The number of methoxy groups -OCH3 is 1. The van der Waals surface area contributed by atoms with Crippen molar-refractivity contribution < 1.29 is 19.2 Å². The van der Waals surface area contributed by atoms with Gasteiger partial charge in [-0.25, -0.2) is 0 Å². The molecule has 1 aromatic carbocycles. The van der Waals surface area contributed by atoms with E-state index in [1.54, 1.807) is 26.3 Å². The number of rotatable bonds is 6. The highest BCUT2D eigenvalue weighted by Gasteiger charge is 2.51. The number of allylic oxidation sites excluding steroid dienone is 1. The van der Waals surface area contributed by atoms with Crippen molar-refractivity contribution >= 4 is 11.8 Å². The fraction of sp³-hybridized carbons (Fsp3) is 0.429. The number of carbonyl (C=O) groups excluding carboxylic acids is 1. The standard InChI is InChI=1S/C21H23N3O5/c1-3-29-21(25)17-10-16(17)18-11-19(13-4-7-15(28-2)8-5-13)23-12-14(24(26)27)6-9-20(23)22-18/h4-9,12,16-19H,3,10-11H2,1-2H3. The fourth-order valence-electron chi connectivity index (χ4n) is 4.08. The maximum absolute atomic E-state index is 12.1. The van der Waals surface area contributed by atoms with Gasteiger partial charge >= 0.3 is 5.97 Å². The molecule has 4 unspecified atom stereocenters. The van der Waals surface area contributed by atoms with Crippen LogP contribution in [0.4, 0.5) is 0 Å². The second kappa shape index (κ2) is 7.69. The molecule has 0 aromatic heterocycles. The molecule has 0 saturated heterocycles. The zero-order chi connectivity index (χ0) is 20.5. The van der Waals surface area contributed by atoms with Crippen LogP contribution in [-0.2, 0) is 9.53 Å². The first-order chi connectivity index (χ1) is 14.0. The third kappa shape index (κ3) is 3.74. The summed E-state index contributed by atoms with van der Waals surface area (Å²) in [5, 5.41) is 11.3. The Morgan fingerprint density at radius 3 is 2.69 bits per heavy atom. The number of benzene rings is 1. The molecule has 29 heavy (non-hydrogen) atoms. The van der Waals surface area contributed by atoms with Gasteiger partial charge in [0.15, 0.2) is 0 Å². The van der Waals surface area contributed by atoms with Crippen LogP contribution in [0, 0.1) is 22.0 Å². The van der Waals surface area contributed by atoms with Gasteiger partial charge in [-0.1, -0.05) is 12.1 Å². The Morgan fingerprint density at radius 2 is 2.03 bits per heavy atom. The van der Waals surface area contributed by atoms with E-state index in [-0.39, 0.29) is 35.6 Å². The number of nitro groups is 1. The minimum atomic E-state index is -0.401. The lowest BCUT2D eigenvalue weighted by molar-refractivity contribution is -0.420. The Hall–Kier alpha value is -3.16. The SMILES string of the molecule is CCOC(=O)C1CC1C1CC(c2ccc(OC)cc2)N2C=C([N+](=O)[O-])C=CC2=N1. The topological polar surface area (TPSA) is 94.3 Å². The minimum Gasteiger partial charge on any atom is -0.497 e. The maximum Gasteiger partial charge on any atom is 0.309 e. The summed E-state index contributed by atoms with van der Waals surface area (Å²) < 4.78 is 10.4. The molecule has 1 fully saturated rings. The van der Waals surface area contributed by atoms with Crippen molar-refractivity contribution in [2.75, 3.05) is 13.7 Å². The molecular formula is C21H23N3O5. The van der Waals surface area contributed by atoms with Crippen LogP contribution in [0.15, 0.2) is 53.3 Å². The Kier molecular flexibility index (Phi) is 5.08. The number of ether oxygens (including phenoxy) is 2. The molecule has 4 atom stereocenters. The van der Waals surface area contributed by atoms with E-state index in [9.17, 15) is 14.9 Å². The number of aliphatic imine (C=N–C) groups is 1. The highest BCUT2D eigenvalue weighted by Crippen LogP contribution is 2.48. The number of hydrogen-bond acceptors (Lipinski definition) is 7. The second-order valence-corrected chi connectivity index (χ2v) is 7.39. The van der Waals surface area contributed by atoms with Crippen LogP contribution in [0.2, 0.25) is 0 Å². The zero-order valence-electron chi connectivity index (χ0n) is 16.4. The van der Waals surface area contributed by atoms with Crippen molar-refractivity contribution in [2.45, 2.75) is 31.8 Å².